The van der Waals surface area contributed by atoms with Crippen molar-refractivity contribution in [3.8, 4) is 0 Å². The highest BCUT2D eigenvalue weighted by molar-refractivity contribution is 6.33. The van der Waals surface area contributed by atoms with E-state index in [0.717, 1.165) is 11.4 Å². The van der Waals surface area contributed by atoms with Crippen LogP contribution in [0.4, 0.5) is 5.95 Å². The monoisotopic (exact) mass is 304 g/mol. The lowest BCUT2D eigenvalue weighted by Crippen LogP contribution is -2.24. The van der Waals surface area contributed by atoms with E-state index in [1.807, 2.05) is 32.0 Å². The molecule has 0 radical (unpaired) electrons. The molecule has 21 heavy (non-hydrogen) atoms. The smallest absolute Gasteiger partial charge is 0.253 e. The van der Waals surface area contributed by atoms with Gasteiger partial charge < -0.3 is 10.2 Å². The highest BCUT2D eigenvalue weighted by Gasteiger charge is 2.10. The van der Waals surface area contributed by atoms with Crippen molar-refractivity contribution >= 4 is 23.5 Å². The van der Waals surface area contributed by atoms with Crippen LogP contribution in [0.5, 0.6) is 0 Å². The van der Waals surface area contributed by atoms with Crippen molar-refractivity contribution < 1.29 is 4.79 Å². The predicted octanol–water partition coefficient (Wildman–Crippen LogP) is 2.43. The summed E-state index contributed by atoms with van der Waals surface area (Å²) in [6.45, 7) is 2.22. The van der Waals surface area contributed by atoms with Crippen LogP contribution in [0.25, 0.3) is 0 Å². The number of nitrogens with one attached hydrogen (secondary N) is 1. The number of anilines is 1. The molecule has 1 aromatic carbocycles. The molecule has 0 atom stereocenters. The van der Waals surface area contributed by atoms with Gasteiger partial charge in [-0.15, -0.1) is 0 Å². The Morgan fingerprint density at radius 1 is 1.29 bits per heavy atom. The van der Waals surface area contributed by atoms with E-state index < -0.39 is 0 Å². The fourth-order valence-electron chi connectivity index (χ4n) is 1.82. The highest BCUT2D eigenvalue weighted by Crippen LogP contribution is 2.15. The zero-order valence-corrected chi connectivity index (χ0v) is 13.0. The number of benzene rings is 1. The van der Waals surface area contributed by atoms with E-state index in [1.54, 1.807) is 24.3 Å². The first-order valence-electron chi connectivity index (χ1n) is 6.52. The second kappa shape index (κ2) is 6.54. The Labute approximate surface area is 129 Å². The Hall–Kier alpha value is -2.14. The molecule has 1 N–H and O–H groups in total. The van der Waals surface area contributed by atoms with Crippen LogP contribution in [0.1, 0.15) is 21.7 Å². The van der Waals surface area contributed by atoms with Crippen LogP contribution in [0, 0.1) is 6.92 Å². The number of aryl methyl sites for hydroxylation is 1. The standard InChI is InChI=1S/C15H17ClN4O/c1-10-8-11(19-15(18-10)20(2)3)9-17-14(21)12-6-4-5-7-13(12)16/h4-8H,9H2,1-3H3,(H,17,21). The molecule has 1 heterocycles. The van der Waals surface area contributed by atoms with Crippen molar-refractivity contribution in [2.45, 2.75) is 13.5 Å². The Morgan fingerprint density at radius 3 is 2.67 bits per heavy atom. The Bertz CT molecular complexity index is 658. The summed E-state index contributed by atoms with van der Waals surface area (Å²) in [5.74, 6) is 0.403. The molecule has 0 fully saturated rings. The molecule has 2 rings (SSSR count). The predicted molar refractivity (Wildman–Crippen MR) is 83.7 cm³/mol. The number of hydrogen-bond acceptors (Lipinski definition) is 4. The topological polar surface area (TPSA) is 58.1 Å². The second-order valence-electron chi connectivity index (χ2n) is 4.86. The maximum Gasteiger partial charge on any atom is 0.253 e. The van der Waals surface area contributed by atoms with E-state index in [9.17, 15) is 4.79 Å². The minimum Gasteiger partial charge on any atom is -0.347 e. The van der Waals surface area contributed by atoms with Crippen molar-refractivity contribution in [3.05, 3.63) is 52.3 Å². The SMILES string of the molecule is Cc1cc(CNC(=O)c2ccccc2Cl)nc(N(C)C)n1. The lowest BCUT2D eigenvalue weighted by molar-refractivity contribution is 0.0950. The van der Waals surface area contributed by atoms with Crippen LogP contribution in [0.2, 0.25) is 5.02 Å². The van der Waals surface area contributed by atoms with Gasteiger partial charge in [-0.25, -0.2) is 9.97 Å². The number of carbonyl (C=O) groups excluding carboxylic acids is 1. The van der Waals surface area contributed by atoms with Crippen LogP contribution >= 0.6 is 11.6 Å². The molecule has 1 amide bonds. The minimum atomic E-state index is -0.219. The van der Waals surface area contributed by atoms with Crippen LogP contribution in [-0.2, 0) is 6.54 Å². The van der Waals surface area contributed by atoms with Crippen molar-refractivity contribution in [1.29, 1.82) is 0 Å². The average Bonchev–Trinajstić information content (AvgIpc) is 2.44. The van der Waals surface area contributed by atoms with Gasteiger partial charge in [-0.2, -0.15) is 0 Å². The summed E-state index contributed by atoms with van der Waals surface area (Å²) in [5.41, 5.74) is 2.07. The van der Waals surface area contributed by atoms with Gasteiger partial charge in [0, 0.05) is 19.8 Å². The average molecular weight is 305 g/mol. The molecular formula is C15H17ClN4O. The third kappa shape index (κ3) is 3.92. The quantitative estimate of drug-likeness (QED) is 0.942. The second-order valence-corrected chi connectivity index (χ2v) is 5.26. The largest absolute Gasteiger partial charge is 0.347 e. The molecule has 0 aliphatic heterocycles. The summed E-state index contributed by atoms with van der Waals surface area (Å²) in [6.07, 6.45) is 0. The molecule has 0 aliphatic rings. The maximum absolute atomic E-state index is 12.1. The molecule has 0 unspecified atom stereocenters. The maximum atomic E-state index is 12.1. The van der Waals surface area contributed by atoms with Crippen LogP contribution < -0.4 is 10.2 Å². The normalized spacial score (nSPS) is 10.3. The number of aromatic nitrogens is 2. The first kappa shape index (κ1) is 15.3. The van der Waals surface area contributed by atoms with Crippen LogP contribution in [0.3, 0.4) is 0 Å². The van der Waals surface area contributed by atoms with E-state index in [1.165, 1.54) is 0 Å². The highest BCUT2D eigenvalue weighted by atomic mass is 35.5. The fraction of sp³-hybridized carbons (Fsp3) is 0.267. The lowest BCUT2D eigenvalue weighted by atomic mass is 10.2. The summed E-state index contributed by atoms with van der Waals surface area (Å²) in [7, 11) is 3.75. The summed E-state index contributed by atoms with van der Waals surface area (Å²) in [5, 5.41) is 3.25. The van der Waals surface area contributed by atoms with E-state index >= 15 is 0 Å². The molecule has 0 saturated heterocycles. The van der Waals surface area contributed by atoms with E-state index in [2.05, 4.69) is 15.3 Å². The molecule has 0 aliphatic carbocycles. The van der Waals surface area contributed by atoms with Crippen molar-refractivity contribution in [2.75, 3.05) is 19.0 Å². The van der Waals surface area contributed by atoms with E-state index in [0.29, 0.717) is 23.1 Å². The summed E-state index contributed by atoms with van der Waals surface area (Å²) >= 11 is 6.00. The first-order valence-corrected chi connectivity index (χ1v) is 6.90. The van der Waals surface area contributed by atoms with Crippen LogP contribution in [0.15, 0.2) is 30.3 Å². The van der Waals surface area contributed by atoms with Crippen molar-refractivity contribution in [1.82, 2.24) is 15.3 Å². The van der Waals surface area contributed by atoms with Gasteiger partial charge >= 0.3 is 0 Å². The fourth-order valence-corrected chi connectivity index (χ4v) is 2.04. The van der Waals surface area contributed by atoms with Gasteiger partial charge in [-0.1, -0.05) is 23.7 Å². The number of carbonyl (C=O) groups is 1. The lowest BCUT2D eigenvalue weighted by Gasteiger charge is -2.13. The van der Waals surface area contributed by atoms with Gasteiger partial charge in [0.1, 0.15) is 0 Å². The molecule has 5 nitrogen and oxygen atoms in total. The van der Waals surface area contributed by atoms with E-state index in [4.69, 9.17) is 11.6 Å². The van der Waals surface area contributed by atoms with Gasteiger partial charge in [0.25, 0.3) is 5.91 Å². The first-order chi connectivity index (χ1) is 9.97. The Morgan fingerprint density at radius 2 is 2.00 bits per heavy atom. The van der Waals surface area contributed by atoms with Gasteiger partial charge in [-0.3, -0.25) is 4.79 Å². The Balaban J connectivity index is 2.10. The zero-order chi connectivity index (χ0) is 15.4. The number of hydrogen-bond donors (Lipinski definition) is 1. The molecule has 1 aromatic heterocycles. The molecule has 0 saturated carbocycles. The van der Waals surface area contributed by atoms with Gasteiger partial charge in [-0.05, 0) is 25.1 Å². The molecular weight excluding hydrogens is 288 g/mol. The number of rotatable bonds is 4. The number of halogens is 1. The molecule has 110 valence electrons. The minimum absolute atomic E-state index is 0.219. The van der Waals surface area contributed by atoms with Gasteiger partial charge in [0.05, 0.1) is 22.8 Å². The van der Waals surface area contributed by atoms with Gasteiger partial charge in [0.2, 0.25) is 5.95 Å². The van der Waals surface area contributed by atoms with Crippen molar-refractivity contribution in [3.63, 3.8) is 0 Å². The molecule has 6 heteroatoms. The molecule has 2 aromatic rings. The molecule has 0 spiro atoms. The molecule has 0 bridgehead atoms. The Kier molecular flexibility index (Phi) is 4.75. The number of amides is 1. The van der Waals surface area contributed by atoms with Crippen LogP contribution in [-0.4, -0.2) is 30.0 Å². The summed E-state index contributed by atoms with van der Waals surface area (Å²) in [6, 6.07) is 8.79. The summed E-state index contributed by atoms with van der Waals surface area (Å²) < 4.78 is 0. The third-order valence-electron chi connectivity index (χ3n) is 2.84. The van der Waals surface area contributed by atoms with Crippen molar-refractivity contribution in [2.24, 2.45) is 0 Å². The zero-order valence-electron chi connectivity index (χ0n) is 12.2. The number of nitrogens with zero attached hydrogens (tertiary/aromatic N) is 3. The van der Waals surface area contributed by atoms with E-state index in [-0.39, 0.29) is 5.91 Å². The third-order valence-corrected chi connectivity index (χ3v) is 3.17. The summed E-state index contributed by atoms with van der Waals surface area (Å²) in [4.78, 5) is 22.6. The van der Waals surface area contributed by atoms with Gasteiger partial charge in [0.15, 0.2) is 0 Å².